The SMILES string of the molecule is CS(=O)(=O)N1CCN(S(=O)(=O)c2ccc(Br)cc2)[C@@H](C(=O)NO[C@@H]2CCCCO2)C1. The van der Waals surface area contributed by atoms with Gasteiger partial charge in [0.2, 0.25) is 20.0 Å². The molecule has 1 aromatic carbocycles. The van der Waals surface area contributed by atoms with E-state index in [1.807, 2.05) is 0 Å². The van der Waals surface area contributed by atoms with Crippen LogP contribution in [0.2, 0.25) is 0 Å². The van der Waals surface area contributed by atoms with E-state index in [1.54, 1.807) is 12.1 Å². The molecule has 2 atom stereocenters. The van der Waals surface area contributed by atoms with Gasteiger partial charge in [-0.2, -0.15) is 8.61 Å². The highest BCUT2D eigenvalue weighted by Crippen LogP contribution is 2.24. The van der Waals surface area contributed by atoms with Crippen molar-refractivity contribution in [1.29, 1.82) is 0 Å². The van der Waals surface area contributed by atoms with Gasteiger partial charge in [0.05, 0.1) is 11.2 Å². The number of carbonyl (C=O) groups excluding carboxylic acids is 1. The Labute approximate surface area is 184 Å². The Bertz CT molecular complexity index is 964. The van der Waals surface area contributed by atoms with Crippen LogP contribution in [0.3, 0.4) is 0 Å². The van der Waals surface area contributed by atoms with Crippen LogP contribution < -0.4 is 5.48 Å². The molecule has 10 nitrogen and oxygen atoms in total. The molecule has 0 aromatic heterocycles. The number of rotatable bonds is 6. The zero-order valence-electron chi connectivity index (χ0n) is 16.4. The average Bonchev–Trinajstić information content (AvgIpc) is 2.72. The molecule has 1 N–H and O–H groups in total. The second-order valence-corrected chi connectivity index (χ2v) is 11.9. The number of hydrogen-bond acceptors (Lipinski definition) is 7. The van der Waals surface area contributed by atoms with Gasteiger partial charge in [-0.25, -0.2) is 27.2 Å². The third-order valence-corrected chi connectivity index (χ3v) is 8.64. The van der Waals surface area contributed by atoms with Gasteiger partial charge in [-0.3, -0.25) is 4.79 Å². The van der Waals surface area contributed by atoms with Crippen molar-refractivity contribution in [3.05, 3.63) is 28.7 Å². The first-order valence-electron chi connectivity index (χ1n) is 9.38. The molecular formula is C17H24BrN3O7S2. The lowest BCUT2D eigenvalue weighted by atomic mass is 10.2. The van der Waals surface area contributed by atoms with Gasteiger partial charge in [0.1, 0.15) is 6.04 Å². The molecule has 1 aromatic rings. The smallest absolute Gasteiger partial charge is 0.263 e. The van der Waals surface area contributed by atoms with Gasteiger partial charge in [-0.1, -0.05) is 15.9 Å². The van der Waals surface area contributed by atoms with Crippen LogP contribution in [0.4, 0.5) is 0 Å². The molecular weight excluding hydrogens is 502 g/mol. The molecule has 2 aliphatic heterocycles. The van der Waals surface area contributed by atoms with E-state index >= 15 is 0 Å². The maximum absolute atomic E-state index is 13.2. The summed E-state index contributed by atoms with van der Waals surface area (Å²) in [6.07, 6.45) is 2.79. The maximum Gasteiger partial charge on any atom is 0.263 e. The fourth-order valence-electron chi connectivity index (χ4n) is 3.28. The lowest BCUT2D eigenvalue weighted by Gasteiger charge is -2.38. The third kappa shape index (κ3) is 5.58. The zero-order chi connectivity index (χ0) is 21.9. The number of benzene rings is 1. The Morgan fingerprint density at radius 3 is 2.47 bits per heavy atom. The van der Waals surface area contributed by atoms with Crippen LogP contribution in [-0.4, -0.2) is 76.2 Å². The molecule has 2 fully saturated rings. The van der Waals surface area contributed by atoms with Crippen molar-refractivity contribution in [1.82, 2.24) is 14.1 Å². The molecule has 0 saturated carbocycles. The van der Waals surface area contributed by atoms with Gasteiger partial charge >= 0.3 is 0 Å². The van der Waals surface area contributed by atoms with E-state index in [1.165, 1.54) is 12.1 Å². The quantitative estimate of drug-likeness (QED) is 0.541. The lowest BCUT2D eigenvalue weighted by molar-refractivity contribution is -0.202. The second kappa shape index (κ2) is 9.59. The Morgan fingerprint density at radius 2 is 1.87 bits per heavy atom. The monoisotopic (exact) mass is 525 g/mol. The third-order valence-electron chi connectivity index (χ3n) is 4.91. The minimum atomic E-state index is -4.04. The molecule has 0 spiro atoms. The highest BCUT2D eigenvalue weighted by Gasteiger charge is 2.42. The van der Waals surface area contributed by atoms with E-state index in [4.69, 9.17) is 9.57 Å². The van der Waals surface area contributed by atoms with Crippen LogP contribution in [0.5, 0.6) is 0 Å². The molecule has 2 heterocycles. The van der Waals surface area contributed by atoms with Crippen LogP contribution in [0.15, 0.2) is 33.6 Å². The molecule has 168 valence electrons. The van der Waals surface area contributed by atoms with Gasteiger partial charge in [0.25, 0.3) is 5.91 Å². The first kappa shape index (κ1) is 23.6. The van der Waals surface area contributed by atoms with Crippen LogP contribution >= 0.6 is 15.9 Å². The van der Waals surface area contributed by atoms with E-state index < -0.39 is 38.3 Å². The van der Waals surface area contributed by atoms with E-state index in [-0.39, 0.29) is 24.5 Å². The summed E-state index contributed by atoms with van der Waals surface area (Å²) in [6.45, 7) is -0.0142. The zero-order valence-corrected chi connectivity index (χ0v) is 19.6. The summed E-state index contributed by atoms with van der Waals surface area (Å²) in [5, 5.41) is 0. The van der Waals surface area contributed by atoms with Crippen molar-refractivity contribution in [2.45, 2.75) is 36.5 Å². The van der Waals surface area contributed by atoms with Gasteiger partial charge < -0.3 is 4.74 Å². The summed E-state index contributed by atoms with van der Waals surface area (Å²) in [5.41, 5.74) is 2.26. The van der Waals surface area contributed by atoms with Crippen molar-refractivity contribution < 1.29 is 31.2 Å². The molecule has 30 heavy (non-hydrogen) atoms. The van der Waals surface area contributed by atoms with E-state index in [0.29, 0.717) is 17.5 Å². The number of piperazine rings is 1. The minimum Gasteiger partial charge on any atom is -0.350 e. The van der Waals surface area contributed by atoms with Crippen molar-refractivity contribution >= 4 is 41.9 Å². The summed E-state index contributed by atoms with van der Waals surface area (Å²) in [7, 11) is -7.65. The number of halogens is 1. The Kier molecular flexibility index (Phi) is 7.53. The first-order valence-corrected chi connectivity index (χ1v) is 13.5. The van der Waals surface area contributed by atoms with Gasteiger partial charge in [0, 0.05) is 37.1 Å². The van der Waals surface area contributed by atoms with Gasteiger partial charge in [-0.05, 0) is 37.1 Å². The molecule has 0 unspecified atom stereocenters. The fraction of sp³-hybridized carbons (Fsp3) is 0.588. The van der Waals surface area contributed by atoms with Crippen molar-refractivity contribution in [3.63, 3.8) is 0 Å². The number of nitrogens with one attached hydrogen (secondary N) is 1. The molecule has 0 bridgehead atoms. The van der Waals surface area contributed by atoms with E-state index in [9.17, 15) is 21.6 Å². The molecule has 0 radical (unpaired) electrons. The number of nitrogens with zero attached hydrogens (tertiary/aromatic N) is 2. The fourth-order valence-corrected chi connectivity index (χ4v) is 5.94. The first-order chi connectivity index (χ1) is 14.1. The van der Waals surface area contributed by atoms with E-state index in [0.717, 1.165) is 27.7 Å². The number of hydroxylamine groups is 1. The highest BCUT2D eigenvalue weighted by molar-refractivity contribution is 9.10. The largest absolute Gasteiger partial charge is 0.350 e. The standard InChI is InChI=1S/C17H24BrN3O7S2/c1-29(23,24)20-9-10-21(30(25,26)14-7-5-13(18)6-8-14)15(12-20)17(22)19-28-16-4-2-3-11-27-16/h5-8,15-16H,2-4,9-12H2,1H3,(H,19,22)/t15-,16-/m1/s1. The maximum atomic E-state index is 13.2. The number of amides is 1. The average molecular weight is 526 g/mol. The normalized spacial score (nSPS) is 24.5. The predicted octanol–water partition coefficient (Wildman–Crippen LogP) is 0.658. The minimum absolute atomic E-state index is 0.00726. The summed E-state index contributed by atoms with van der Waals surface area (Å²) in [6, 6.07) is 4.72. The van der Waals surface area contributed by atoms with E-state index in [2.05, 4.69) is 21.4 Å². The Balaban J connectivity index is 1.82. The predicted molar refractivity (Wildman–Crippen MR) is 111 cm³/mol. The molecule has 2 saturated heterocycles. The van der Waals surface area contributed by atoms with Crippen molar-refractivity contribution in [2.24, 2.45) is 0 Å². The van der Waals surface area contributed by atoms with Crippen molar-refractivity contribution in [3.8, 4) is 0 Å². The second-order valence-electron chi connectivity index (χ2n) is 7.09. The molecule has 0 aliphatic carbocycles. The lowest BCUT2D eigenvalue weighted by Crippen LogP contribution is -2.61. The van der Waals surface area contributed by atoms with Gasteiger partial charge in [0.15, 0.2) is 6.29 Å². The number of hydrogen-bond donors (Lipinski definition) is 1. The summed E-state index contributed by atoms with van der Waals surface area (Å²) < 4.78 is 58.5. The molecule has 1 amide bonds. The Hall–Kier alpha value is -1.09. The Morgan fingerprint density at radius 1 is 1.17 bits per heavy atom. The number of carbonyl (C=O) groups is 1. The summed E-state index contributed by atoms with van der Waals surface area (Å²) in [5.74, 6) is -0.752. The number of sulfonamides is 2. The van der Waals surface area contributed by atoms with Crippen LogP contribution in [0, 0.1) is 0 Å². The number of ether oxygens (including phenoxy) is 1. The topological polar surface area (TPSA) is 122 Å². The summed E-state index contributed by atoms with van der Waals surface area (Å²) in [4.78, 5) is 18.1. The van der Waals surface area contributed by atoms with Crippen molar-refractivity contribution in [2.75, 3.05) is 32.5 Å². The highest BCUT2D eigenvalue weighted by atomic mass is 79.9. The van der Waals surface area contributed by atoms with Crippen LogP contribution in [-0.2, 0) is 34.4 Å². The molecule has 2 aliphatic rings. The van der Waals surface area contributed by atoms with Gasteiger partial charge in [-0.15, -0.1) is 0 Å². The molecule has 13 heteroatoms. The summed E-state index contributed by atoms with van der Waals surface area (Å²) >= 11 is 3.26. The van der Waals surface area contributed by atoms with Crippen LogP contribution in [0.1, 0.15) is 19.3 Å². The van der Waals surface area contributed by atoms with Crippen LogP contribution in [0.25, 0.3) is 0 Å². The molecule has 3 rings (SSSR count).